The summed E-state index contributed by atoms with van der Waals surface area (Å²) in [5.41, 5.74) is 0.763. The molecule has 1 N–H and O–H groups in total. The Hall–Kier alpha value is -3.11. The van der Waals surface area contributed by atoms with Gasteiger partial charge in [0.15, 0.2) is 5.13 Å². The lowest BCUT2D eigenvalue weighted by Gasteiger charge is -2.33. The van der Waals surface area contributed by atoms with Crippen LogP contribution in [0.4, 0.5) is 9.93 Å². The predicted octanol–water partition coefficient (Wildman–Crippen LogP) is 2.26. The summed E-state index contributed by atoms with van der Waals surface area (Å²) >= 11 is 1.13. The van der Waals surface area contributed by atoms with Gasteiger partial charge in [0.05, 0.1) is 26.6 Å². The summed E-state index contributed by atoms with van der Waals surface area (Å²) in [7, 11) is -4.52. The first kappa shape index (κ1) is 27.9. The Morgan fingerprint density at radius 1 is 1.00 bits per heavy atom. The Balaban J connectivity index is 1.43. The molecule has 38 heavy (non-hydrogen) atoms. The van der Waals surface area contributed by atoms with Gasteiger partial charge in [0.25, 0.3) is 5.91 Å². The van der Waals surface area contributed by atoms with Gasteiger partial charge in [0.1, 0.15) is 0 Å². The number of nitrogens with zero attached hydrogens (tertiary/aromatic N) is 4. The molecule has 1 aliphatic heterocycles. The average Bonchev–Trinajstić information content (AvgIpc) is 3.30. The quantitative estimate of drug-likeness (QED) is 0.447. The molecule has 0 atom stereocenters. The molecule has 4 rings (SSSR count). The number of ether oxygens (including phenoxy) is 1. The van der Waals surface area contributed by atoms with E-state index in [1.807, 2.05) is 0 Å². The van der Waals surface area contributed by atoms with E-state index in [-0.39, 0.29) is 53.3 Å². The normalized spacial score (nSPS) is 15.1. The number of anilines is 1. The van der Waals surface area contributed by atoms with E-state index in [0.717, 1.165) is 15.6 Å². The maximum atomic E-state index is 13.0. The fourth-order valence-electron chi connectivity index (χ4n) is 3.75. The largest absolute Gasteiger partial charge is 0.450 e. The number of hydrogen-bond acceptors (Lipinski definition) is 9. The van der Waals surface area contributed by atoms with Crippen molar-refractivity contribution in [3.8, 4) is 0 Å². The summed E-state index contributed by atoms with van der Waals surface area (Å²) < 4.78 is 58.8. The zero-order valence-electron chi connectivity index (χ0n) is 20.9. The number of fused-ring (bicyclic) bond motifs is 1. The SMILES string of the molecule is CCOC(=O)N1CCN(S(=O)(=O)c2ccc(C(=O)Nc3nc4ccc(S(=O)(=O)N(C)C)cc4s3)cc2)CC1. The second-order valence-corrected chi connectivity index (χ2v) is 13.6. The van der Waals surface area contributed by atoms with Crippen molar-refractivity contribution in [3.05, 3.63) is 48.0 Å². The highest BCUT2D eigenvalue weighted by molar-refractivity contribution is 7.89. The smallest absolute Gasteiger partial charge is 0.409 e. The average molecular weight is 582 g/mol. The third-order valence-electron chi connectivity index (χ3n) is 5.88. The second-order valence-electron chi connectivity index (χ2n) is 8.50. The van der Waals surface area contributed by atoms with E-state index in [2.05, 4.69) is 10.3 Å². The van der Waals surface area contributed by atoms with Crippen molar-refractivity contribution < 1.29 is 31.2 Å². The van der Waals surface area contributed by atoms with Crippen molar-refractivity contribution in [2.75, 3.05) is 52.2 Å². The van der Waals surface area contributed by atoms with E-state index in [0.29, 0.717) is 10.2 Å². The highest BCUT2D eigenvalue weighted by Crippen LogP contribution is 2.29. The number of carbonyl (C=O) groups is 2. The highest BCUT2D eigenvalue weighted by Gasteiger charge is 2.30. The maximum absolute atomic E-state index is 13.0. The lowest BCUT2D eigenvalue weighted by atomic mass is 10.2. The van der Waals surface area contributed by atoms with E-state index < -0.39 is 32.0 Å². The molecule has 0 spiro atoms. The van der Waals surface area contributed by atoms with Crippen molar-refractivity contribution in [1.82, 2.24) is 18.5 Å². The van der Waals surface area contributed by atoms with Gasteiger partial charge < -0.3 is 9.64 Å². The van der Waals surface area contributed by atoms with Gasteiger partial charge in [0.2, 0.25) is 20.0 Å². The number of thiazole rings is 1. The van der Waals surface area contributed by atoms with Gasteiger partial charge >= 0.3 is 6.09 Å². The minimum absolute atomic E-state index is 0.0354. The van der Waals surface area contributed by atoms with E-state index in [4.69, 9.17) is 4.74 Å². The lowest BCUT2D eigenvalue weighted by Crippen LogP contribution is -2.50. The van der Waals surface area contributed by atoms with Crippen LogP contribution < -0.4 is 5.32 Å². The van der Waals surface area contributed by atoms with Crippen molar-refractivity contribution in [2.24, 2.45) is 0 Å². The molecule has 2 heterocycles. The predicted molar refractivity (Wildman–Crippen MR) is 142 cm³/mol. The standard InChI is InChI=1S/C23H27N5O7S3/c1-4-35-23(30)27-11-13-28(14-12-27)38(33,34)17-7-5-16(6-8-17)21(29)25-22-24-19-10-9-18(15-20(19)36-22)37(31,32)26(2)3/h5-10,15H,4,11-14H2,1-3H3,(H,24,25,29). The first-order valence-corrected chi connectivity index (χ1v) is 15.3. The fraction of sp³-hybridized carbons (Fsp3) is 0.348. The lowest BCUT2D eigenvalue weighted by molar-refractivity contribution is 0.0933. The van der Waals surface area contributed by atoms with Crippen LogP contribution >= 0.6 is 11.3 Å². The van der Waals surface area contributed by atoms with Crippen molar-refractivity contribution in [1.29, 1.82) is 0 Å². The topological polar surface area (TPSA) is 146 Å². The van der Waals surface area contributed by atoms with Gasteiger partial charge in [-0.2, -0.15) is 4.31 Å². The molecule has 2 aromatic carbocycles. The molecule has 1 aliphatic rings. The van der Waals surface area contributed by atoms with Gasteiger partial charge in [0, 0.05) is 45.8 Å². The first-order valence-electron chi connectivity index (χ1n) is 11.6. The van der Waals surface area contributed by atoms with E-state index in [1.54, 1.807) is 13.0 Å². The van der Waals surface area contributed by atoms with Gasteiger partial charge in [-0.15, -0.1) is 0 Å². The molecule has 0 radical (unpaired) electrons. The maximum Gasteiger partial charge on any atom is 0.409 e. The molecule has 0 aliphatic carbocycles. The molecule has 0 saturated carbocycles. The van der Waals surface area contributed by atoms with Gasteiger partial charge in [-0.3, -0.25) is 10.1 Å². The number of benzene rings is 2. The number of rotatable bonds is 7. The minimum atomic E-state index is -3.80. The third-order valence-corrected chi connectivity index (χ3v) is 10.5. The molecular formula is C23H27N5O7S3. The number of aromatic nitrogens is 1. The molecule has 0 unspecified atom stereocenters. The molecule has 0 bridgehead atoms. The minimum Gasteiger partial charge on any atom is -0.450 e. The number of hydrogen-bond donors (Lipinski definition) is 1. The summed E-state index contributed by atoms with van der Waals surface area (Å²) in [4.78, 5) is 30.6. The Kier molecular flexibility index (Phi) is 8.04. The molecule has 204 valence electrons. The highest BCUT2D eigenvalue weighted by atomic mass is 32.2. The van der Waals surface area contributed by atoms with Crippen LogP contribution in [0.25, 0.3) is 10.2 Å². The number of piperazine rings is 1. The zero-order valence-corrected chi connectivity index (χ0v) is 23.4. The molecule has 1 fully saturated rings. The molecule has 3 aromatic rings. The van der Waals surface area contributed by atoms with Crippen LogP contribution in [0.3, 0.4) is 0 Å². The van der Waals surface area contributed by atoms with Crippen LogP contribution in [0, 0.1) is 0 Å². The van der Waals surface area contributed by atoms with E-state index >= 15 is 0 Å². The van der Waals surface area contributed by atoms with Crippen LogP contribution in [0.2, 0.25) is 0 Å². The van der Waals surface area contributed by atoms with Crippen molar-refractivity contribution >= 4 is 58.7 Å². The molecule has 12 nitrogen and oxygen atoms in total. The summed E-state index contributed by atoms with van der Waals surface area (Å²) in [5, 5.41) is 2.95. The Morgan fingerprint density at radius 2 is 1.63 bits per heavy atom. The van der Waals surface area contributed by atoms with Crippen molar-refractivity contribution in [3.63, 3.8) is 0 Å². The summed E-state index contributed by atoms with van der Waals surface area (Å²) in [6.45, 7) is 2.68. The number of sulfonamides is 2. The van der Waals surface area contributed by atoms with Crippen LogP contribution in [0.5, 0.6) is 0 Å². The second kappa shape index (κ2) is 10.9. The molecule has 1 aromatic heterocycles. The molecule has 2 amide bonds. The van der Waals surface area contributed by atoms with E-state index in [1.165, 1.54) is 59.7 Å². The van der Waals surface area contributed by atoms with Gasteiger partial charge in [-0.05, 0) is 49.4 Å². The molecule has 1 saturated heterocycles. The Bertz CT molecular complexity index is 1560. The number of nitrogens with one attached hydrogen (secondary N) is 1. The summed E-state index contributed by atoms with van der Waals surface area (Å²) in [6, 6.07) is 10.1. The summed E-state index contributed by atoms with van der Waals surface area (Å²) in [5.74, 6) is -0.489. The number of amides is 2. The fourth-order valence-corrected chi connectivity index (χ4v) is 7.08. The van der Waals surface area contributed by atoms with Crippen LogP contribution in [-0.2, 0) is 24.8 Å². The molecule has 15 heteroatoms. The Labute approximate surface area is 224 Å². The van der Waals surface area contributed by atoms with Crippen LogP contribution in [-0.4, -0.2) is 94.2 Å². The van der Waals surface area contributed by atoms with Crippen molar-refractivity contribution in [2.45, 2.75) is 16.7 Å². The van der Waals surface area contributed by atoms with Gasteiger partial charge in [-0.1, -0.05) is 11.3 Å². The van der Waals surface area contributed by atoms with Crippen LogP contribution in [0.1, 0.15) is 17.3 Å². The monoisotopic (exact) mass is 581 g/mol. The van der Waals surface area contributed by atoms with Crippen LogP contribution in [0.15, 0.2) is 52.3 Å². The summed E-state index contributed by atoms with van der Waals surface area (Å²) in [6.07, 6.45) is -0.466. The zero-order chi connectivity index (χ0) is 27.7. The van der Waals surface area contributed by atoms with Gasteiger partial charge in [-0.25, -0.2) is 30.9 Å². The number of carbonyl (C=O) groups excluding carboxylic acids is 2. The Morgan fingerprint density at radius 3 is 2.24 bits per heavy atom. The van der Waals surface area contributed by atoms with E-state index in [9.17, 15) is 26.4 Å². The third kappa shape index (κ3) is 5.66. The first-order chi connectivity index (χ1) is 17.9. The molecular weight excluding hydrogens is 554 g/mol.